The number of para-hydroxylation sites is 2. The van der Waals surface area contributed by atoms with Gasteiger partial charge < -0.3 is 14.5 Å². The van der Waals surface area contributed by atoms with E-state index in [9.17, 15) is 4.79 Å². The number of hydrogen-bond acceptors (Lipinski definition) is 4. The third-order valence-electron chi connectivity index (χ3n) is 5.56. The summed E-state index contributed by atoms with van der Waals surface area (Å²) in [6.07, 6.45) is 5.89. The second-order valence-electron chi connectivity index (χ2n) is 7.50. The van der Waals surface area contributed by atoms with Crippen LogP contribution in [0.15, 0.2) is 42.9 Å². The molecule has 1 aliphatic heterocycles. The summed E-state index contributed by atoms with van der Waals surface area (Å²) in [4.78, 5) is 31.6. The van der Waals surface area contributed by atoms with Crippen molar-refractivity contribution in [1.29, 1.82) is 0 Å². The summed E-state index contributed by atoms with van der Waals surface area (Å²) in [7, 11) is 0. The van der Waals surface area contributed by atoms with Gasteiger partial charge in [0, 0.05) is 25.3 Å². The molecule has 134 valence electrons. The van der Waals surface area contributed by atoms with Crippen LogP contribution in [-0.4, -0.2) is 48.4 Å². The van der Waals surface area contributed by atoms with Crippen LogP contribution in [0.2, 0.25) is 0 Å². The Morgan fingerprint density at radius 1 is 1.11 bits per heavy atom. The normalized spacial score (nSPS) is 17.6. The smallest absolute Gasteiger partial charge is 0.255 e. The van der Waals surface area contributed by atoms with E-state index in [4.69, 9.17) is 0 Å². The largest absolute Gasteiger partial charge is 0.342 e. The molecule has 1 amide bonds. The first-order chi connectivity index (χ1) is 13.3. The number of aromatic nitrogens is 5. The molecule has 0 unspecified atom stereocenters. The van der Waals surface area contributed by atoms with Crippen LogP contribution in [0.25, 0.3) is 22.2 Å². The number of amides is 1. The maximum atomic E-state index is 12.8. The van der Waals surface area contributed by atoms with Gasteiger partial charge in [0.1, 0.15) is 11.3 Å². The van der Waals surface area contributed by atoms with Gasteiger partial charge in [0.05, 0.1) is 28.8 Å². The highest BCUT2D eigenvalue weighted by Gasteiger charge is 2.34. The summed E-state index contributed by atoms with van der Waals surface area (Å²) in [5.41, 5.74) is 4.28. The second kappa shape index (κ2) is 5.39. The van der Waals surface area contributed by atoms with E-state index in [-0.39, 0.29) is 11.8 Å². The Bertz CT molecular complexity index is 1150. The molecular formula is C20H18N6O. The molecule has 27 heavy (non-hydrogen) atoms. The van der Waals surface area contributed by atoms with Crippen molar-refractivity contribution in [3.8, 4) is 0 Å². The zero-order valence-corrected chi connectivity index (χ0v) is 14.7. The monoisotopic (exact) mass is 358 g/mol. The summed E-state index contributed by atoms with van der Waals surface area (Å²) in [6.45, 7) is 1.35. The van der Waals surface area contributed by atoms with Crippen LogP contribution in [0.4, 0.5) is 0 Å². The molecule has 0 spiro atoms. The number of nitrogens with zero attached hydrogens (tertiary/aromatic N) is 5. The number of imidazole rings is 2. The maximum Gasteiger partial charge on any atom is 0.255 e. The topological polar surface area (TPSA) is 79.7 Å². The SMILES string of the molecule is O=C(c1cnc2c(c1)ncn2C1CC1)N1CC(c2nc3ccccc3[nH]2)C1. The van der Waals surface area contributed by atoms with Crippen molar-refractivity contribution < 1.29 is 4.79 Å². The molecule has 7 heteroatoms. The van der Waals surface area contributed by atoms with Crippen LogP contribution < -0.4 is 0 Å². The predicted octanol–water partition coefficient (Wildman–Crippen LogP) is 2.88. The van der Waals surface area contributed by atoms with Gasteiger partial charge in [0.2, 0.25) is 0 Å². The van der Waals surface area contributed by atoms with Crippen molar-refractivity contribution >= 4 is 28.1 Å². The molecule has 4 heterocycles. The average molecular weight is 358 g/mol. The van der Waals surface area contributed by atoms with Gasteiger partial charge in [-0.2, -0.15) is 0 Å². The molecule has 1 saturated carbocycles. The van der Waals surface area contributed by atoms with Crippen LogP contribution in [0.1, 0.15) is 41.0 Å². The number of fused-ring (bicyclic) bond motifs is 2. The third kappa shape index (κ3) is 2.34. The number of aromatic amines is 1. The number of nitrogens with one attached hydrogen (secondary N) is 1. The van der Waals surface area contributed by atoms with Crippen LogP contribution in [0.5, 0.6) is 0 Å². The van der Waals surface area contributed by atoms with E-state index >= 15 is 0 Å². The Morgan fingerprint density at radius 3 is 2.78 bits per heavy atom. The lowest BCUT2D eigenvalue weighted by molar-refractivity contribution is 0.0595. The van der Waals surface area contributed by atoms with Crippen molar-refractivity contribution in [3.63, 3.8) is 0 Å². The van der Waals surface area contributed by atoms with Crippen molar-refractivity contribution in [2.75, 3.05) is 13.1 Å². The van der Waals surface area contributed by atoms with E-state index in [0.717, 1.165) is 28.0 Å². The molecule has 1 aliphatic carbocycles. The highest BCUT2D eigenvalue weighted by atomic mass is 16.2. The lowest BCUT2D eigenvalue weighted by Gasteiger charge is -2.38. The zero-order chi connectivity index (χ0) is 18.0. The van der Waals surface area contributed by atoms with Crippen molar-refractivity contribution in [2.45, 2.75) is 24.8 Å². The highest BCUT2D eigenvalue weighted by Crippen LogP contribution is 2.36. The second-order valence-corrected chi connectivity index (χ2v) is 7.50. The molecule has 1 aromatic carbocycles. The summed E-state index contributed by atoms with van der Waals surface area (Å²) in [5, 5.41) is 0. The molecular weight excluding hydrogens is 340 g/mol. The highest BCUT2D eigenvalue weighted by molar-refractivity contribution is 5.97. The molecule has 2 aliphatic rings. The van der Waals surface area contributed by atoms with Crippen LogP contribution in [0.3, 0.4) is 0 Å². The quantitative estimate of drug-likeness (QED) is 0.611. The van der Waals surface area contributed by atoms with Gasteiger partial charge in [-0.1, -0.05) is 12.1 Å². The van der Waals surface area contributed by atoms with Gasteiger partial charge in [0.15, 0.2) is 5.65 Å². The van der Waals surface area contributed by atoms with Crippen LogP contribution >= 0.6 is 0 Å². The van der Waals surface area contributed by atoms with Gasteiger partial charge in [-0.25, -0.2) is 15.0 Å². The molecule has 6 rings (SSSR count). The van der Waals surface area contributed by atoms with E-state index in [0.29, 0.717) is 24.7 Å². The van der Waals surface area contributed by atoms with Gasteiger partial charge in [-0.15, -0.1) is 0 Å². The summed E-state index contributed by atoms with van der Waals surface area (Å²) in [5.74, 6) is 1.22. The van der Waals surface area contributed by atoms with Gasteiger partial charge in [-0.05, 0) is 31.0 Å². The zero-order valence-electron chi connectivity index (χ0n) is 14.7. The van der Waals surface area contributed by atoms with Crippen LogP contribution in [-0.2, 0) is 0 Å². The minimum absolute atomic E-state index is 0.0118. The van der Waals surface area contributed by atoms with Crippen molar-refractivity contribution in [3.05, 3.63) is 54.2 Å². The predicted molar refractivity (Wildman–Crippen MR) is 101 cm³/mol. The van der Waals surface area contributed by atoms with E-state index in [2.05, 4.69) is 24.5 Å². The molecule has 0 bridgehead atoms. The summed E-state index contributed by atoms with van der Waals surface area (Å²) >= 11 is 0. The maximum absolute atomic E-state index is 12.8. The Kier molecular flexibility index (Phi) is 2.97. The molecule has 4 aromatic rings. The summed E-state index contributed by atoms with van der Waals surface area (Å²) in [6, 6.07) is 10.4. The van der Waals surface area contributed by atoms with E-state index < -0.39 is 0 Å². The van der Waals surface area contributed by atoms with Gasteiger partial charge in [-0.3, -0.25) is 4.79 Å². The Labute approximate surface area is 155 Å². The first-order valence-corrected chi connectivity index (χ1v) is 9.33. The number of hydrogen-bond donors (Lipinski definition) is 1. The molecule has 0 radical (unpaired) electrons. The van der Waals surface area contributed by atoms with Crippen molar-refractivity contribution in [1.82, 2.24) is 29.4 Å². The van der Waals surface area contributed by atoms with Crippen molar-refractivity contribution in [2.24, 2.45) is 0 Å². The average Bonchev–Trinajstić information content (AvgIpc) is 3.26. The van der Waals surface area contributed by atoms with E-state index in [1.54, 1.807) is 6.20 Å². The molecule has 0 atom stereocenters. The fraction of sp³-hybridized carbons (Fsp3) is 0.300. The third-order valence-corrected chi connectivity index (χ3v) is 5.56. The molecule has 1 N–H and O–H groups in total. The number of pyridine rings is 1. The van der Waals surface area contributed by atoms with Crippen LogP contribution in [0, 0.1) is 0 Å². The Balaban J connectivity index is 1.20. The fourth-order valence-corrected chi connectivity index (χ4v) is 3.82. The molecule has 3 aromatic heterocycles. The Morgan fingerprint density at radius 2 is 1.96 bits per heavy atom. The first kappa shape index (κ1) is 14.9. The number of likely N-dealkylation sites (tertiary alicyclic amines) is 1. The number of carbonyl (C=O) groups is 1. The number of H-pyrrole nitrogens is 1. The minimum atomic E-state index is 0.0118. The lowest BCUT2D eigenvalue weighted by Crippen LogP contribution is -2.48. The standard InChI is InChI=1S/C20H18N6O/c27-20(12-7-17-19(21-8-12)26(11-22-17)14-5-6-14)25-9-13(10-25)18-23-15-3-1-2-4-16(15)24-18/h1-4,7-8,11,13-14H,5-6,9-10H2,(H,23,24). The number of rotatable bonds is 3. The minimum Gasteiger partial charge on any atom is -0.342 e. The summed E-state index contributed by atoms with van der Waals surface area (Å²) < 4.78 is 2.12. The number of carbonyl (C=O) groups excluding carboxylic acids is 1. The van der Waals surface area contributed by atoms with E-state index in [1.807, 2.05) is 41.6 Å². The number of benzene rings is 1. The van der Waals surface area contributed by atoms with Gasteiger partial charge >= 0.3 is 0 Å². The molecule has 1 saturated heterocycles. The van der Waals surface area contributed by atoms with E-state index in [1.165, 1.54) is 12.8 Å². The Hall–Kier alpha value is -3.22. The van der Waals surface area contributed by atoms with Gasteiger partial charge in [0.25, 0.3) is 5.91 Å². The fourth-order valence-electron chi connectivity index (χ4n) is 3.82. The first-order valence-electron chi connectivity index (χ1n) is 9.33. The molecule has 7 nitrogen and oxygen atoms in total. The molecule has 2 fully saturated rings. The lowest BCUT2D eigenvalue weighted by atomic mass is 9.98.